The monoisotopic (exact) mass is 191 g/mol. The minimum absolute atomic E-state index is 0.299. The van der Waals surface area contributed by atoms with E-state index in [-0.39, 0.29) is 6.17 Å². The molecule has 0 spiro atoms. The van der Waals surface area contributed by atoms with Crippen molar-refractivity contribution in [3.05, 3.63) is 40.0 Å². The Hall–Kier alpha value is -0.270. The van der Waals surface area contributed by atoms with Crippen molar-refractivity contribution in [2.45, 2.75) is 6.92 Å². The van der Waals surface area contributed by atoms with Crippen LogP contribution in [0.4, 0.5) is 4.39 Å². The molecule has 11 heavy (non-hydrogen) atoms. The zero-order valence-electron chi connectivity index (χ0n) is 5.87. The van der Waals surface area contributed by atoms with Crippen LogP contribution in [0.25, 0.3) is 0 Å². The molecule has 0 aliphatic heterocycles. The summed E-state index contributed by atoms with van der Waals surface area (Å²) in [4.78, 5) is 0. The highest BCUT2D eigenvalue weighted by Crippen LogP contribution is 2.27. The summed E-state index contributed by atoms with van der Waals surface area (Å²) >= 11 is 11.3. The van der Waals surface area contributed by atoms with Gasteiger partial charge < -0.3 is 0 Å². The van der Waals surface area contributed by atoms with E-state index in [4.69, 9.17) is 23.2 Å². The maximum Gasteiger partial charge on any atom is 0.172 e. The van der Waals surface area contributed by atoms with Crippen molar-refractivity contribution in [2.75, 3.05) is 0 Å². The van der Waals surface area contributed by atoms with Crippen LogP contribution in [0.15, 0.2) is 18.2 Å². The number of hydrogen-bond acceptors (Lipinski definition) is 0. The van der Waals surface area contributed by atoms with E-state index in [1.165, 1.54) is 13.0 Å². The van der Waals surface area contributed by atoms with Gasteiger partial charge in [0.05, 0.1) is 0 Å². The Kier molecular flexibility index (Phi) is 2.74. The second-order valence-electron chi connectivity index (χ2n) is 2.16. The Morgan fingerprint density at radius 1 is 1.36 bits per heavy atom. The van der Waals surface area contributed by atoms with E-state index in [0.717, 1.165) is 0 Å². The van der Waals surface area contributed by atoms with Gasteiger partial charge in [-0.15, -0.1) is 0 Å². The molecule has 1 aromatic rings. The fourth-order valence-corrected chi connectivity index (χ4v) is 1.31. The summed E-state index contributed by atoms with van der Waals surface area (Å²) in [6.07, 6.45) is -0.299. The van der Waals surface area contributed by atoms with Gasteiger partial charge in [-0.25, -0.2) is 4.39 Å². The van der Waals surface area contributed by atoms with Crippen LogP contribution in [0.1, 0.15) is 12.5 Å². The van der Waals surface area contributed by atoms with Gasteiger partial charge in [0.15, 0.2) is 6.17 Å². The normalized spacial score (nSPS) is 10.6. The Balaban J connectivity index is 3.09. The SMILES string of the molecule is C[C](F)c1ccc(Cl)cc1Cl. The van der Waals surface area contributed by atoms with E-state index >= 15 is 0 Å². The molecule has 1 radical (unpaired) electrons. The summed E-state index contributed by atoms with van der Waals surface area (Å²) in [5.74, 6) is 0. The van der Waals surface area contributed by atoms with Crippen LogP contribution >= 0.6 is 23.2 Å². The molecule has 0 aromatic heterocycles. The van der Waals surface area contributed by atoms with E-state index < -0.39 is 0 Å². The lowest BCUT2D eigenvalue weighted by molar-refractivity contribution is 0.546. The zero-order chi connectivity index (χ0) is 8.43. The van der Waals surface area contributed by atoms with Crippen LogP contribution in [0.2, 0.25) is 10.0 Å². The molecule has 0 heterocycles. The lowest BCUT2D eigenvalue weighted by Crippen LogP contribution is -1.86. The molecular weight excluding hydrogens is 186 g/mol. The fourth-order valence-electron chi connectivity index (χ4n) is 0.769. The Morgan fingerprint density at radius 2 is 2.00 bits per heavy atom. The summed E-state index contributed by atoms with van der Waals surface area (Å²) in [5.41, 5.74) is 0.399. The van der Waals surface area contributed by atoms with Gasteiger partial charge in [-0.2, -0.15) is 0 Å². The molecule has 0 fully saturated rings. The quantitative estimate of drug-likeness (QED) is 0.633. The van der Waals surface area contributed by atoms with Gasteiger partial charge in [-0.1, -0.05) is 29.3 Å². The lowest BCUT2D eigenvalue weighted by Gasteiger charge is -2.02. The molecule has 0 atom stereocenters. The highest BCUT2D eigenvalue weighted by atomic mass is 35.5. The first-order valence-corrected chi connectivity index (χ1v) is 3.81. The fraction of sp³-hybridized carbons (Fsp3) is 0.125. The Morgan fingerprint density at radius 3 is 2.45 bits per heavy atom. The second-order valence-corrected chi connectivity index (χ2v) is 3.00. The molecule has 3 heteroatoms. The van der Waals surface area contributed by atoms with Gasteiger partial charge in [-0.05, 0) is 19.1 Å². The van der Waals surface area contributed by atoms with Crippen molar-refractivity contribution in [2.24, 2.45) is 0 Å². The van der Waals surface area contributed by atoms with Crippen molar-refractivity contribution in [1.29, 1.82) is 0 Å². The predicted molar refractivity (Wildman–Crippen MR) is 45.6 cm³/mol. The van der Waals surface area contributed by atoms with Crippen LogP contribution in [0.3, 0.4) is 0 Å². The summed E-state index contributed by atoms with van der Waals surface area (Å²) in [6, 6.07) is 4.67. The first-order valence-electron chi connectivity index (χ1n) is 3.05. The molecule has 0 amide bonds. The van der Waals surface area contributed by atoms with Gasteiger partial charge in [-0.3, -0.25) is 0 Å². The van der Waals surface area contributed by atoms with E-state index in [1.54, 1.807) is 12.1 Å². The molecule has 0 unspecified atom stereocenters. The van der Waals surface area contributed by atoms with E-state index in [9.17, 15) is 4.39 Å². The molecule has 0 saturated heterocycles. The minimum Gasteiger partial charge on any atom is -0.235 e. The third-order valence-electron chi connectivity index (χ3n) is 1.30. The molecule has 1 rings (SSSR count). The molecule has 0 aliphatic rings. The van der Waals surface area contributed by atoms with E-state index in [1.807, 2.05) is 0 Å². The largest absolute Gasteiger partial charge is 0.235 e. The smallest absolute Gasteiger partial charge is 0.172 e. The molecule has 59 valence electrons. The number of rotatable bonds is 1. The highest BCUT2D eigenvalue weighted by molar-refractivity contribution is 6.35. The number of benzene rings is 1. The van der Waals surface area contributed by atoms with Crippen LogP contribution in [0.5, 0.6) is 0 Å². The van der Waals surface area contributed by atoms with Crippen molar-refractivity contribution in [3.63, 3.8) is 0 Å². The number of hydrogen-bond donors (Lipinski definition) is 0. The molecule has 0 aliphatic carbocycles. The van der Waals surface area contributed by atoms with Crippen molar-refractivity contribution in [3.8, 4) is 0 Å². The van der Waals surface area contributed by atoms with Crippen molar-refractivity contribution < 1.29 is 4.39 Å². The second kappa shape index (κ2) is 3.42. The first kappa shape index (κ1) is 8.82. The molecule has 0 bridgehead atoms. The van der Waals surface area contributed by atoms with E-state index in [2.05, 4.69) is 0 Å². The third-order valence-corrected chi connectivity index (χ3v) is 1.85. The highest BCUT2D eigenvalue weighted by Gasteiger charge is 2.08. The van der Waals surface area contributed by atoms with Gasteiger partial charge in [0, 0.05) is 15.6 Å². The Labute approximate surface area is 74.9 Å². The topological polar surface area (TPSA) is 0 Å². The average molecular weight is 192 g/mol. The average Bonchev–Trinajstić information content (AvgIpc) is 1.85. The van der Waals surface area contributed by atoms with Crippen molar-refractivity contribution >= 4 is 23.2 Å². The molecule has 0 saturated carbocycles. The van der Waals surface area contributed by atoms with Crippen molar-refractivity contribution in [1.82, 2.24) is 0 Å². The van der Waals surface area contributed by atoms with E-state index in [0.29, 0.717) is 15.6 Å². The van der Waals surface area contributed by atoms with Crippen LogP contribution < -0.4 is 0 Å². The van der Waals surface area contributed by atoms with Gasteiger partial charge in [0.2, 0.25) is 0 Å². The minimum atomic E-state index is -0.299. The molecule has 0 N–H and O–H groups in total. The van der Waals surface area contributed by atoms with Crippen LogP contribution in [0, 0.1) is 6.17 Å². The van der Waals surface area contributed by atoms with Gasteiger partial charge in [0.25, 0.3) is 0 Å². The maximum absolute atomic E-state index is 12.6. The Bertz CT molecular complexity index is 258. The molecular formula is C8H6Cl2F. The van der Waals surface area contributed by atoms with Gasteiger partial charge >= 0.3 is 0 Å². The summed E-state index contributed by atoms with van der Waals surface area (Å²) in [5, 5.41) is 0.859. The summed E-state index contributed by atoms with van der Waals surface area (Å²) < 4.78 is 12.6. The van der Waals surface area contributed by atoms with Gasteiger partial charge in [0.1, 0.15) is 0 Å². The standard InChI is InChI=1S/C8H6Cl2F/c1-5(11)7-3-2-6(9)4-8(7)10/h2-4H,1H3. The summed E-state index contributed by atoms with van der Waals surface area (Å²) in [7, 11) is 0. The lowest BCUT2D eigenvalue weighted by atomic mass is 10.1. The summed E-state index contributed by atoms with van der Waals surface area (Å²) in [6.45, 7) is 1.36. The molecule has 0 nitrogen and oxygen atoms in total. The van der Waals surface area contributed by atoms with Crippen LogP contribution in [-0.4, -0.2) is 0 Å². The zero-order valence-corrected chi connectivity index (χ0v) is 7.38. The first-order chi connectivity index (χ1) is 5.11. The number of halogens is 3. The van der Waals surface area contributed by atoms with Crippen LogP contribution in [-0.2, 0) is 0 Å². The molecule has 1 aromatic carbocycles. The predicted octanol–water partition coefficient (Wildman–Crippen LogP) is 3.86. The maximum atomic E-state index is 12.6. The third kappa shape index (κ3) is 2.08.